The Morgan fingerprint density at radius 1 is 1.33 bits per heavy atom. The molecular formula is C15H22IN5O2S. The van der Waals surface area contributed by atoms with Crippen LogP contribution >= 0.6 is 35.3 Å². The van der Waals surface area contributed by atoms with E-state index in [1.807, 2.05) is 26.1 Å². The zero-order valence-corrected chi connectivity index (χ0v) is 16.8. The number of halogens is 1. The van der Waals surface area contributed by atoms with Gasteiger partial charge in [-0.1, -0.05) is 0 Å². The van der Waals surface area contributed by atoms with Crippen LogP contribution in [0.25, 0.3) is 0 Å². The number of amides is 1. The molecule has 0 aliphatic heterocycles. The van der Waals surface area contributed by atoms with Gasteiger partial charge < -0.3 is 20.4 Å². The van der Waals surface area contributed by atoms with E-state index in [1.54, 1.807) is 23.7 Å². The van der Waals surface area contributed by atoms with Gasteiger partial charge in [-0.25, -0.2) is 9.98 Å². The third kappa shape index (κ3) is 7.30. The average Bonchev–Trinajstić information content (AvgIpc) is 3.19. The third-order valence-electron chi connectivity index (χ3n) is 2.84. The summed E-state index contributed by atoms with van der Waals surface area (Å²) in [6.07, 6.45) is 3.42. The maximum Gasteiger partial charge on any atom is 0.242 e. The topological polar surface area (TPSA) is 91.5 Å². The van der Waals surface area contributed by atoms with Crippen molar-refractivity contribution in [1.82, 2.24) is 20.9 Å². The molecule has 0 aliphatic carbocycles. The number of thiazole rings is 1. The van der Waals surface area contributed by atoms with Crippen molar-refractivity contribution in [1.29, 1.82) is 0 Å². The number of guanidine groups is 1. The monoisotopic (exact) mass is 463 g/mol. The van der Waals surface area contributed by atoms with Crippen molar-refractivity contribution >= 4 is 47.2 Å². The van der Waals surface area contributed by atoms with Gasteiger partial charge in [-0.3, -0.25) is 4.79 Å². The minimum Gasteiger partial charge on any atom is -0.467 e. The Kier molecular flexibility index (Phi) is 9.38. The zero-order chi connectivity index (χ0) is 16.5. The van der Waals surface area contributed by atoms with E-state index >= 15 is 0 Å². The van der Waals surface area contributed by atoms with E-state index in [2.05, 4.69) is 25.9 Å². The first-order valence-corrected chi connectivity index (χ1v) is 8.21. The molecule has 2 rings (SSSR count). The van der Waals surface area contributed by atoms with Crippen molar-refractivity contribution in [2.75, 3.05) is 13.1 Å². The standard InChI is InChI=1S/C15H21N5O2S.HI/c1-3-16-15(20-10-14-18-7-11(2)23-14)19-9-13(21)17-8-12-5-4-6-22-12;/h4-7H,3,8-10H2,1-2H3,(H,17,21)(H2,16,19,20);1H. The number of aliphatic imine (C=N–C) groups is 1. The molecular weight excluding hydrogens is 441 g/mol. The summed E-state index contributed by atoms with van der Waals surface area (Å²) in [6, 6.07) is 3.60. The van der Waals surface area contributed by atoms with E-state index in [4.69, 9.17) is 4.42 Å². The third-order valence-corrected chi connectivity index (χ3v) is 3.75. The second kappa shape index (κ2) is 11.0. The number of hydrogen-bond donors (Lipinski definition) is 3. The molecule has 7 nitrogen and oxygen atoms in total. The number of nitrogens with one attached hydrogen (secondary N) is 3. The Hall–Kier alpha value is -1.62. The zero-order valence-electron chi connectivity index (χ0n) is 13.7. The average molecular weight is 463 g/mol. The largest absolute Gasteiger partial charge is 0.467 e. The Balaban J connectivity index is 0.00000288. The number of aromatic nitrogens is 1. The fraction of sp³-hybridized carbons (Fsp3) is 0.400. The maximum absolute atomic E-state index is 11.8. The summed E-state index contributed by atoms with van der Waals surface area (Å²) in [6.45, 7) is 5.71. The molecule has 0 atom stereocenters. The summed E-state index contributed by atoms with van der Waals surface area (Å²) in [7, 11) is 0. The molecule has 0 aromatic carbocycles. The van der Waals surface area contributed by atoms with Gasteiger partial charge in [-0.15, -0.1) is 35.3 Å². The first kappa shape index (κ1) is 20.4. The van der Waals surface area contributed by atoms with Crippen LogP contribution in [0.2, 0.25) is 0 Å². The predicted molar refractivity (Wildman–Crippen MR) is 106 cm³/mol. The van der Waals surface area contributed by atoms with Gasteiger partial charge in [0.2, 0.25) is 5.91 Å². The molecule has 2 aromatic heterocycles. The normalized spacial score (nSPS) is 10.8. The van der Waals surface area contributed by atoms with Gasteiger partial charge in [0.15, 0.2) is 5.96 Å². The Labute approximate surface area is 162 Å². The number of furan rings is 1. The van der Waals surface area contributed by atoms with E-state index in [-0.39, 0.29) is 36.4 Å². The number of aryl methyl sites for hydroxylation is 1. The number of hydrogen-bond acceptors (Lipinski definition) is 5. The molecule has 9 heteroatoms. The van der Waals surface area contributed by atoms with Gasteiger partial charge >= 0.3 is 0 Å². The second-order valence-electron chi connectivity index (χ2n) is 4.77. The molecule has 24 heavy (non-hydrogen) atoms. The van der Waals surface area contributed by atoms with Crippen LogP contribution in [0.4, 0.5) is 0 Å². The van der Waals surface area contributed by atoms with Crippen LogP contribution in [0.3, 0.4) is 0 Å². The Morgan fingerprint density at radius 3 is 2.79 bits per heavy atom. The van der Waals surface area contributed by atoms with Crippen molar-refractivity contribution in [3.05, 3.63) is 40.2 Å². The van der Waals surface area contributed by atoms with E-state index in [0.29, 0.717) is 24.8 Å². The lowest BCUT2D eigenvalue weighted by Crippen LogP contribution is -2.38. The summed E-state index contributed by atoms with van der Waals surface area (Å²) in [5.41, 5.74) is 0. The van der Waals surface area contributed by atoms with Gasteiger partial charge in [-0.05, 0) is 26.0 Å². The number of nitrogens with zero attached hydrogens (tertiary/aromatic N) is 2. The summed E-state index contributed by atoms with van der Waals surface area (Å²) in [5, 5.41) is 10.0. The molecule has 2 aromatic rings. The highest BCUT2D eigenvalue weighted by atomic mass is 127. The molecule has 0 aliphatic rings. The molecule has 132 valence electrons. The minimum atomic E-state index is -0.163. The lowest BCUT2D eigenvalue weighted by Gasteiger charge is -2.10. The van der Waals surface area contributed by atoms with E-state index in [0.717, 1.165) is 11.6 Å². The highest BCUT2D eigenvalue weighted by Crippen LogP contribution is 2.10. The summed E-state index contributed by atoms with van der Waals surface area (Å²) < 4.78 is 5.16. The van der Waals surface area contributed by atoms with E-state index in [1.165, 1.54) is 4.88 Å². The summed E-state index contributed by atoms with van der Waals surface area (Å²) in [5.74, 6) is 1.14. The van der Waals surface area contributed by atoms with Crippen LogP contribution in [0.5, 0.6) is 0 Å². The SMILES string of the molecule is CCNC(=NCC(=O)NCc1ccco1)NCc1ncc(C)s1.I. The molecule has 0 saturated carbocycles. The fourth-order valence-corrected chi connectivity index (χ4v) is 2.52. The number of carbonyl (C=O) groups is 1. The van der Waals surface area contributed by atoms with Crippen LogP contribution in [0.15, 0.2) is 34.0 Å². The van der Waals surface area contributed by atoms with Crippen molar-refractivity contribution in [2.45, 2.75) is 26.9 Å². The van der Waals surface area contributed by atoms with E-state index in [9.17, 15) is 4.79 Å². The molecule has 0 unspecified atom stereocenters. The highest BCUT2D eigenvalue weighted by Gasteiger charge is 2.04. The van der Waals surface area contributed by atoms with Crippen LogP contribution in [0, 0.1) is 6.92 Å². The molecule has 0 bridgehead atoms. The predicted octanol–water partition coefficient (Wildman–Crippen LogP) is 2.03. The molecule has 0 fully saturated rings. The second-order valence-corrected chi connectivity index (χ2v) is 6.09. The Morgan fingerprint density at radius 2 is 2.17 bits per heavy atom. The number of rotatable bonds is 7. The van der Waals surface area contributed by atoms with Crippen LogP contribution in [-0.4, -0.2) is 29.9 Å². The fourth-order valence-electron chi connectivity index (χ4n) is 1.79. The lowest BCUT2D eigenvalue weighted by molar-refractivity contribution is -0.119. The summed E-state index contributed by atoms with van der Waals surface area (Å²) >= 11 is 1.63. The Bertz CT molecular complexity index is 642. The first-order valence-electron chi connectivity index (χ1n) is 7.40. The van der Waals surface area contributed by atoms with E-state index < -0.39 is 0 Å². The van der Waals surface area contributed by atoms with Gasteiger partial charge in [-0.2, -0.15) is 0 Å². The number of carbonyl (C=O) groups excluding carboxylic acids is 1. The molecule has 0 saturated heterocycles. The lowest BCUT2D eigenvalue weighted by atomic mass is 10.4. The molecule has 2 heterocycles. The van der Waals surface area contributed by atoms with Crippen molar-refractivity contribution < 1.29 is 9.21 Å². The van der Waals surface area contributed by atoms with Crippen molar-refractivity contribution in [2.24, 2.45) is 4.99 Å². The quantitative estimate of drug-likeness (QED) is 0.332. The molecule has 3 N–H and O–H groups in total. The van der Waals surface area contributed by atoms with Crippen molar-refractivity contribution in [3.8, 4) is 0 Å². The van der Waals surface area contributed by atoms with Gasteiger partial charge in [0.1, 0.15) is 17.3 Å². The van der Waals surface area contributed by atoms with Crippen LogP contribution in [-0.2, 0) is 17.9 Å². The smallest absolute Gasteiger partial charge is 0.242 e. The molecule has 0 spiro atoms. The minimum absolute atomic E-state index is 0. The summed E-state index contributed by atoms with van der Waals surface area (Å²) in [4.78, 5) is 21.5. The highest BCUT2D eigenvalue weighted by molar-refractivity contribution is 14.0. The van der Waals surface area contributed by atoms with Gasteiger partial charge in [0.05, 0.1) is 19.4 Å². The van der Waals surface area contributed by atoms with Crippen molar-refractivity contribution in [3.63, 3.8) is 0 Å². The van der Waals surface area contributed by atoms with Gasteiger partial charge in [0, 0.05) is 17.6 Å². The first-order chi connectivity index (χ1) is 11.2. The maximum atomic E-state index is 11.8. The molecule has 1 amide bonds. The van der Waals surface area contributed by atoms with Crippen LogP contribution < -0.4 is 16.0 Å². The van der Waals surface area contributed by atoms with Gasteiger partial charge in [0.25, 0.3) is 0 Å². The van der Waals surface area contributed by atoms with Crippen LogP contribution in [0.1, 0.15) is 22.6 Å². The molecule has 0 radical (unpaired) electrons.